The summed E-state index contributed by atoms with van der Waals surface area (Å²) < 4.78 is 0. The Kier molecular flexibility index (Phi) is 13.5. The van der Waals surface area contributed by atoms with Crippen molar-refractivity contribution in [3.8, 4) is 0 Å². The molecule has 0 aliphatic carbocycles. The van der Waals surface area contributed by atoms with Gasteiger partial charge in [-0.2, -0.15) is 0 Å². The summed E-state index contributed by atoms with van der Waals surface area (Å²) in [5.74, 6) is -0.771. The summed E-state index contributed by atoms with van der Waals surface area (Å²) in [6.45, 7) is 8.58. The van der Waals surface area contributed by atoms with E-state index in [0.29, 0.717) is 19.5 Å². The first-order valence-corrected chi connectivity index (χ1v) is 14.5. The molecule has 41 heavy (non-hydrogen) atoms. The van der Waals surface area contributed by atoms with Crippen molar-refractivity contribution in [1.82, 2.24) is 20.9 Å². The standard InChI is InChI=1S/C31H46N4O5.ClH/c1-5-14-31(3,4)30(40)35-15-8-11-27(35)29(39)34-26(28(38)33-20-25(37)19-32-18-21(2)36)17-22-12-13-23-9-6-7-10-24(23)16-22;/h6-7,9-10,12-13,16,21,25-27,32,36-37H,5,8,11,14-15,17-20H2,1-4H3,(H,33,38)(H,34,39);1H/t21-,25?,26-,27?;/m1./s1. The Morgan fingerprint density at radius 2 is 1.76 bits per heavy atom. The van der Waals surface area contributed by atoms with E-state index >= 15 is 0 Å². The molecule has 2 aromatic carbocycles. The number of nitrogens with zero attached hydrogens (tertiary/aromatic N) is 1. The number of hydrogen-bond acceptors (Lipinski definition) is 6. The molecular formula is C31H47ClN4O5. The van der Waals surface area contributed by atoms with Crippen LogP contribution in [0.1, 0.15) is 58.9 Å². The van der Waals surface area contributed by atoms with Crippen molar-refractivity contribution in [3.05, 3.63) is 48.0 Å². The molecule has 2 unspecified atom stereocenters. The van der Waals surface area contributed by atoms with Gasteiger partial charge in [0.25, 0.3) is 0 Å². The summed E-state index contributed by atoms with van der Waals surface area (Å²) in [6.07, 6.45) is 1.76. The number of likely N-dealkylation sites (tertiary alicyclic amines) is 1. The van der Waals surface area contributed by atoms with Crippen molar-refractivity contribution in [1.29, 1.82) is 0 Å². The lowest BCUT2D eigenvalue weighted by molar-refractivity contribution is -0.146. The van der Waals surface area contributed by atoms with Gasteiger partial charge in [0, 0.05) is 38.0 Å². The van der Waals surface area contributed by atoms with Gasteiger partial charge in [0.05, 0.1) is 12.2 Å². The van der Waals surface area contributed by atoms with Gasteiger partial charge in [0.15, 0.2) is 0 Å². The summed E-state index contributed by atoms with van der Waals surface area (Å²) in [6, 6.07) is 12.4. The Balaban J connectivity index is 0.00000588. The molecule has 1 heterocycles. The number of halogens is 1. The van der Waals surface area contributed by atoms with Crippen molar-refractivity contribution in [2.45, 2.75) is 84.1 Å². The number of carbonyl (C=O) groups is 3. The molecule has 228 valence electrons. The number of rotatable bonds is 14. The maximum absolute atomic E-state index is 13.5. The van der Waals surface area contributed by atoms with E-state index in [-0.39, 0.29) is 43.7 Å². The van der Waals surface area contributed by atoms with E-state index in [1.54, 1.807) is 11.8 Å². The molecule has 0 saturated carbocycles. The van der Waals surface area contributed by atoms with Crippen molar-refractivity contribution in [3.63, 3.8) is 0 Å². The van der Waals surface area contributed by atoms with Gasteiger partial charge in [0.1, 0.15) is 12.1 Å². The van der Waals surface area contributed by atoms with E-state index in [9.17, 15) is 24.6 Å². The SMILES string of the molecule is CCCC(C)(C)C(=O)N1CCCC1C(=O)N[C@H](Cc1ccc2ccccc2c1)C(=O)NCC(O)CNC[C@@H](C)O.Cl. The predicted molar refractivity (Wildman–Crippen MR) is 164 cm³/mol. The number of aliphatic hydroxyl groups excluding tert-OH is 2. The minimum atomic E-state index is -0.882. The molecule has 5 N–H and O–H groups in total. The van der Waals surface area contributed by atoms with E-state index in [2.05, 4.69) is 16.0 Å². The van der Waals surface area contributed by atoms with Crippen LogP contribution in [0.25, 0.3) is 10.8 Å². The summed E-state index contributed by atoms with van der Waals surface area (Å²) in [5, 5.41) is 30.4. The van der Waals surface area contributed by atoms with Crippen LogP contribution in [0.15, 0.2) is 42.5 Å². The molecule has 3 rings (SSSR count). The van der Waals surface area contributed by atoms with Gasteiger partial charge in [-0.1, -0.05) is 69.7 Å². The van der Waals surface area contributed by atoms with Crippen LogP contribution in [-0.4, -0.2) is 83.3 Å². The zero-order valence-electron chi connectivity index (χ0n) is 24.7. The molecule has 4 atom stereocenters. The Morgan fingerprint density at radius 1 is 1.05 bits per heavy atom. The van der Waals surface area contributed by atoms with Crippen LogP contribution in [0.2, 0.25) is 0 Å². The zero-order chi connectivity index (χ0) is 29.3. The fourth-order valence-electron chi connectivity index (χ4n) is 5.35. The molecule has 9 nitrogen and oxygen atoms in total. The first-order valence-electron chi connectivity index (χ1n) is 14.5. The number of fused-ring (bicyclic) bond motifs is 1. The molecular weight excluding hydrogens is 544 g/mol. The summed E-state index contributed by atoms with van der Waals surface area (Å²) in [5.41, 5.74) is 0.332. The number of carbonyl (C=O) groups excluding carboxylic acids is 3. The van der Waals surface area contributed by atoms with Crippen LogP contribution in [-0.2, 0) is 20.8 Å². The number of amides is 3. The van der Waals surface area contributed by atoms with Crippen LogP contribution >= 0.6 is 12.4 Å². The lowest BCUT2D eigenvalue weighted by atomic mass is 9.86. The summed E-state index contributed by atoms with van der Waals surface area (Å²) in [4.78, 5) is 41.9. The maximum Gasteiger partial charge on any atom is 0.243 e. The second kappa shape index (κ2) is 16.1. The van der Waals surface area contributed by atoms with E-state index in [0.717, 1.165) is 35.6 Å². The van der Waals surface area contributed by atoms with Crippen LogP contribution in [0, 0.1) is 5.41 Å². The number of nitrogens with one attached hydrogen (secondary N) is 3. The third kappa shape index (κ3) is 9.95. The van der Waals surface area contributed by atoms with Crippen LogP contribution in [0.4, 0.5) is 0 Å². The van der Waals surface area contributed by atoms with E-state index in [1.807, 2.05) is 63.2 Å². The largest absolute Gasteiger partial charge is 0.392 e. The lowest BCUT2D eigenvalue weighted by Gasteiger charge is -2.33. The molecule has 1 aliphatic rings. The molecule has 0 bridgehead atoms. The monoisotopic (exact) mass is 590 g/mol. The number of benzene rings is 2. The van der Waals surface area contributed by atoms with Crippen molar-refractivity contribution in [2.75, 3.05) is 26.2 Å². The van der Waals surface area contributed by atoms with Crippen molar-refractivity contribution < 1.29 is 24.6 Å². The predicted octanol–water partition coefficient (Wildman–Crippen LogP) is 2.55. The minimum absolute atomic E-state index is 0. The number of hydrogen-bond donors (Lipinski definition) is 5. The van der Waals surface area contributed by atoms with Crippen molar-refractivity contribution in [2.24, 2.45) is 5.41 Å². The molecule has 1 aliphatic heterocycles. The Labute approximate surface area is 249 Å². The smallest absolute Gasteiger partial charge is 0.243 e. The van der Waals surface area contributed by atoms with Gasteiger partial charge < -0.3 is 31.1 Å². The molecule has 1 fully saturated rings. The highest BCUT2D eigenvalue weighted by molar-refractivity contribution is 5.93. The van der Waals surface area contributed by atoms with Gasteiger partial charge in [-0.05, 0) is 42.5 Å². The highest BCUT2D eigenvalue weighted by Gasteiger charge is 2.41. The van der Waals surface area contributed by atoms with Crippen LogP contribution in [0.3, 0.4) is 0 Å². The Bertz CT molecular complexity index is 1160. The quantitative estimate of drug-likeness (QED) is 0.230. The molecule has 10 heteroatoms. The number of aliphatic hydroxyl groups is 2. The zero-order valence-corrected chi connectivity index (χ0v) is 25.5. The average Bonchev–Trinajstić information content (AvgIpc) is 3.40. The second-order valence-corrected chi connectivity index (χ2v) is 11.6. The third-order valence-corrected chi connectivity index (χ3v) is 7.49. The van der Waals surface area contributed by atoms with Gasteiger partial charge in [-0.25, -0.2) is 0 Å². The highest BCUT2D eigenvalue weighted by Crippen LogP contribution is 2.30. The molecule has 0 radical (unpaired) electrons. The molecule has 0 aromatic heterocycles. The maximum atomic E-state index is 13.5. The van der Waals surface area contributed by atoms with Gasteiger partial charge in [0.2, 0.25) is 17.7 Å². The molecule has 1 saturated heterocycles. The lowest BCUT2D eigenvalue weighted by Crippen LogP contribution is -2.56. The second-order valence-electron chi connectivity index (χ2n) is 11.6. The summed E-state index contributed by atoms with van der Waals surface area (Å²) in [7, 11) is 0. The molecule has 2 aromatic rings. The third-order valence-electron chi connectivity index (χ3n) is 7.49. The van der Waals surface area contributed by atoms with E-state index in [1.165, 1.54) is 0 Å². The van der Waals surface area contributed by atoms with Crippen LogP contribution < -0.4 is 16.0 Å². The Morgan fingerprint density at radius 3 is 2.44 bits per heavy atom. The fourth-order valence-corrected chi connectivity index (χ4v) is 5.35. The van der Waals surface area contributed by atoms with E-state index in [4.69, 9.17) is 0 Å². The van der Waals surface area contributed by atoms with Crippen molar-refractivity contribution >= 4 is 40.9 Å². The normalized spacial score (nSPS) is 17.4. The average molecular weight is 591 g/mol. The molecule has 3 amide bonds. The topological polar surface area (TPSA) is 131 Å². The molecule has 0 spiro atoms. The van der Waals surface area contributed by atoms with Crippen LogP contribution in [0.5, 0.6) is 0 Å². The fraction of sp³-hybridized carbons (Fsp3) is 0.581. The Hall–Kier alpha value is -2.72. The van der Waals surface area contributed by atoms with E-state index < -0.39 is 35.6 Å². The minimum Gasteiger partial charge on any atom is -0.392 e. The first-order chi connectivity index (χ1) is 19.0. The van der Waals surface area contributed by atoms with Gasteiger partial charge >= 0.3 is 0 Å². The van der Waals surface area contributed by atoms with Gasteiger partial charge in [-0.3, -0.25) is 14.4 Å². The first kappa shape index (κ1) is 34.5. The highest BCUT2D eigenvalue weighted by atomic mass is 35.5. The van der Waals surface area contributed by atoms with Gasteiger partial charge in [-0.15, -0.1) is 12.4 Å². The summed E-state index contributed by atoms with van der Waals surface area (Å²) >= 11 is 0.